The van der Waals surface area contributed by atoms with Gasteiger partial charge in [0.2, 0.25) is 0 Å². The second kappa shape index (κ2) is 17.1. The molecule has 66 heavy (non-hydrogen) atoms. The summed E-state index contributed by atoms with van der Waals surface area (Å²) in [5, 5.41) is 40.8. The average molecular weight is 918 g/mol. The number of carbonyl (C=O) groups is 4. The first-order chi connectivity index (χ1) is 31.1. The molecule has 3 aliphatic carbocycles. The number of aliphatic hydroxyl groups is 3. The molecule has 356 valence electrons. The van der Waals surface area contributed by atoms with E-state index in [0.717, 1.165) is 0 Å². The summed E-state index contributed by atoms with van der Waals surface area (Å²) < 4.78 is 55.5. The molecule has 2 saturated carbocycles. The molecule has 3 heterocycles. The van der Waals surface area contributed by atoms with E-state index in [1.54, 1.807) is 110 Å². The smallest absolute Gasteiger partial charge is 0.408 e. The van der Waals surface area contributed by atoms with Crippen LogP contribution in [-0.2, 0) is 42.7 Å². The molecule has 17 heteroatoms. The lowest BCUT2D eigenvalue weighted by molar-refractivity contribution is -0.362. The first-order valence-electron chi connectivity index (χ1n) is 22.1. The fourth-order valence-corrected chi connectivity index (χ4v) is 11.1. The number of hydrogen-bond acceptors (Lipinski definition) is 16. The lowest BCUT2D eigenvalue weighted by Crippen LogP contribution is -2.82. The maximum atomic E-state index is 14.5. The number of alkyl carbamates (subject to hydrolysis) is 1. The molecule has 0 radical (unpaired) electrons. The number of amides is 1. The summed E-state index contributed by atoms with van der Waals surface area (Å²) in [6.07, 6.45) is -10.6. The molecule has 8 rings (SSSR count). The molecule has 2 aromatic carbocycles. The largest absolute Gasteiger partial charge is 0.497 e. The number of rotatable bonds is 10. The Labute approximate surface area is 382 Å². The highest BCUT2D eigenvalue weighted by Crippen LogP contribution is 2.67. The van der Waals surface area contributed by atoms with Crippen molar-refractivity contribution < 1.29 is 76.8 Å². The molecule has 12 unspecified atom stereocenters. The number of hydrogen-bond donors (Lipinski definition) is 4. The predicted octanol–water partition coefficient (Wildman–Crippen LogP) is 5.41. The Morgan fingerprint density at radius 2 is 1.64 bits per heavy atom. The van der Waals surface area contributed by atoms with Crippen molar-refractivity contribution >= 4 is 24.0 Å². The van der Waals surface area contributed by atoms with Crippen LogP contribution in [0.5, 0.6) is 5.75 Å². The summed E-state index contributed by atoms with van der Waals surface area (Å²) in [6.45, 7) is 13.0. The van der Waals surface area contributed by atoms with Gasteiger partial charge in [0.25, 0.3) is 0 Å². The van der Waals surface area contributed by atoms with Gasteiger partial charge in [-0.15, -0.1) is 0 Å². The van der Waals surface area contributed by atoms with E-state index in [9.17, 15) is 34.5 Å². The Balaban J connectivity index is 1.30. The van der Waals surface area contributed by atoms with E-state index in [-0.39, 0.29) is 24.4 Å². The molecule has 3 aromatic rings. The number of furan rings is 1. The maximum absolute atomic E-state index is 14.5. The summed E-state index contributed by atoms with van der Waals surface area (Å²) in [5.74, 6) is -3.36. The molecule has 0 spiro atoms. The first kappa shape index (κ1) is 47.2. The van der Waals surface area contributed by atoms with E-state index in [0.29, 0.717) is 22.5 Å². The van der Waals surface area contributed by atoms with E-state index in [4.69, 9.17) is 42.3 Å². The van der Waals surface area contributed by atoms with Crippen LogP contribution in [0.4, 0.5) is 4.79 Å². The van der Waals surface area contributed by atoms with Gasteiger partial charge < -0.3 is 62.9 Å². The fraction of sp³-hybridized carbons (Fsp3) is 0.551. The van der Waals surface area contributed by atoms with Crippen LogP contribution in [0, 0.1) is 16.7 Å². The third kappa shape index (κ3) is 7.86. The van der Waals surface area contributed by atoms with Gasteiger partial charge in [0.15, 0.2) is 18.0 Å². The molecular formula is C49H59NO16. The topological polar surface area (TPSA) is 228 Å². The van der Waals surface area contributed by atoms with E-state index >= 15 is 0 Å². The highest BCUT2D eigenvalue weighted by molar-refractivity contribution is 5.89. The van der Waals surface area contributed by atoms with Crippen LogP contribution in [0.15, 0.2) is 88.6 Å². The minimum atomic E-state index is -2.24. The third-order valence-corrected chi connectivity index (χ3v) is 14.4. The number of ether oxygens (including phenoxy) is 8. The molecule has 5 aliphatic rings. The van der Waals surface area contributed by atoms with E-state index in [1.165, 1.54) is 25.3 Å². The highest BCUT2D eigenvalue weighted by Gasteiger charge is 2.79. The second-order valence-corrected chi connectivity index (χ2v) is 19.7. The zero-order chi connectivity index (χ0) is 47.7. The SMILES string of the molecule is COc1ccc(C2OC3C4=C(C)C(OC(=O)C(O)C(NC(=O)OC(C)(C)C)c5ccco5)CC(O)(C(OC(=O)c5ccccc5)C5C6(OC(C)=O)COC6CC(O)[C@@]5(C)C3O2)C4(C)C)cc1. The van der Waals surface area contributed by atoms with Crippen molar-refractivity contribution in [3.8, 4) is 5.75 Å². The van der Waals surface area contributed by atoms with Gasteiger partial charge >= 0.3 is 24.0 Å². The number of aliphatic hydroxyl groups excluding tert-OH is 2. The van der Waals surface area contributed by atoms with Crippen molar-refractivity contribution in [3.05, 3.63) is 101 Å². The normalized spacial score (nSPS) is 34.1. The van der Waals surface area contributed by atoms with E-state index in [1.807, 2.05) is 0 Å². The lowest BCUT2D eigenvalue weighted by Gasteiger charge is -2.68. The van der Waals surface area contributed by atoms with Gasteiger partial charge in [0.1, 0.15) is 53.2 Å². The van der Waals surface area contributed by atoms with Gasteiger partial charge in [0.05, 0.1) is 43.7 Å². The van der Waals surface area contributed by atoms with Crippen LogP contribution in [0.3, 0.4) is 0 Å². The van der Waals surface area contributed by atoms with Gasteiger partial charge in [0, 0.05) is 36.2 Å². The molecule has 17 nitrogen and oxygen atoms in total. The Morgan fingerprint density at radius 1 is 0.939 bits per heavy atom. The number of esters is 3. The third-order valence-electron chi connectivity index (χ3n) is 14.4. The van der Waals surface area contributed by atoms with Crippen molar-refractivity contribution in [3.63, 3.8) is 0 Å². The average Bonchev–Trinajstić information content (AvgIpc) is 3.96. The summed E-state index contributed by atoms with van der Waals surface area (Å²) in [7, 11) is 1.54. The number of carbonyl (C=O) groups excluding carboxylic acids is 4. The van der Waals surface area contributed by atoms with Crippen molar-refractivity contribution in [1.29, 1.82) is 0 Å². The predicted molar refractivity (Wildman–Crippen MR) is 230 cm³/mol. The molecule has 13 atom stereocenters. The van der Waals surface area contributed by atoms with Crippen LogP contribution >= 0.6 is 0 Å². The zero-order valence-electron chi connectivity index (χ0n) is 38.5. The quantitative estimate of drug-likeness (QED) is 0.113. The highest BCUT2D eigenvalue weighted by atomic mass is 16.7. The molecule has 2 bridgehead atoms. The van der Waals surface area contributed by atoms with Crippen molar-refractivity contribution in [2.75, 3.05) is 13.7 Å². The Hall–Kier alpha value is -5.30. The maximum Gasteiger partial charge on any atom is 0.408 e. The van der Waals surface area contributed by atoms with Crippen molar-refractivity contribution in [2.24, 2.45) is 16.7 Å². The van der Waals surface area contributed by atoms with Gasteiger partial charge in [-0.1, -0.05) is 51.1 Å². The Bertz CT molecular complexity index is 2340. The van der Waals surface area contributed by atoms with Crippen LogP contribution in [0.25, 0.3) is 0 Å². The minimum Gasteiger partial charge on any atom is -0.497 e. The van der Waals surface area contributed by atoms with Crippen LogP contribution < -0.4 is 10.1 Å². The second-order valence-electron chi connectivity index (χ2n) is 19.7. The Morgan fingerprint density at radius 3 is 2.23 bits per heavy atom. The lowest BCUT2D eigenvalue weighted by atomic mass is 9.44. The van der Waals surface area contributed by atoms with Crippen LogP contribution in [0.2, 0.25) is 0 Å². The Kier molecular flexibility index (Phi) is 12.2. The summed E-state index contributed by atoms with van der Waals surface area (Å²) in [5.41, 5.74) is -6.12. The molecular weight excluding hydrogens is 859 g/mol. The molecule has 4 N–H and O–H groups in total. The monoisotopic (exact) mass is 917 g/mol. The molecule has 2 aliphatic heterocycles. The zero-order valence-corrected chi connectivity index (χ0v) is 38.5. The summed E-state index contributed by atoms with van der Waals surface area (Å²) in [6, 6.07) is 16.7. The molecule has 4 fully saturated rings. The number of methoxy groups -OCH3 is 1. The minimum absolute atomic E-state index is 0.00837. The number of benzene rings is 2. The molecule has 2 saturated heterocycles. The van der Waals surface area contributed by atoms with Gasteiger partial charge in [-0.05, 0) is 75.2 Å². The van der Waals surface area contributed by atoms with Crippen LogP contribution in [-0.4, -0.2) is 113 Å². The van der Waals surface area contributed by atoms with Crippen molar-refractivity contribution in [1.82, 2.24) is 5.32 Å². The van der Waals surface area contributed by atoms with Crippen LogP contribution in [0.1, 0.15) is 102 Å². The molecule has 1 amide bonds. The summed E-state index contributed by atoms with van der Waals surface area (Å²) >= 11 is 0. The number of fused-ring (bicyclic) bond motifs is 8. The van der Waals surface area contributed by atoms with Gasteiger partial charge in [-0.3, -0.25) is 4.79 Å². The van der Waals surface area contributed by atoms with E-state index in [2.05, 4.69) is 5.32 Å². The standard InChI is InChI=1S/C49H59NO16/c1-25-31(61-42(55)36(53)35(30-16-13-21-59-30)50-44(56)66-45(3,4)5)23-49(57)40(63-41(54)27-14-11-10-12-15-27)38-47(8,32(52)22-33-48(38,24-60-33)65-26(2)51)39-37(34(25)46(49,6)7)62-43(64-39)28-17-19-29(58-9)20-18-28/h10-21,31-33,35-40,43,52-53,57H,22-24H2,1-9H3,(H,50,56)/t31?,32?,33?,35?,36?,37?,38?,39?,40?,43?,47-,48?,49?/m1/s1. The first-order valence-corrected chi connectivity index (χ1v) is 22.1. The molecule has 1 aromatic heterocycles. The van der Waals surface area contributed by atoms with E-state index < -0.39 is 119 Å². The van der Waals surface area contributed by atoms with Gasteiger partial charge in [-0.2, -0.15) is 0 Å². The number of nitrogens with one attached hydrogen (secondary N) is 1. The summed E-state index contributed by atoms with van der Waals surface area (Å²) in [4.78, 5) is 55.2. The van der Waals surface area contributed by atoms with Gasteiger partial charge in [-0.25, -0.2) is 14.4 Å². The fourth-order valence-electron chi connectivity index (χ4n) is 11.1. The van der Waals surface area contributed by atoms with Crippen molar-refractivity contribution in [2.45, 2.75) is 140 Å².